The number of anilines is 1. The fourth-order valence-corrected chi connectivity index (χ4v) is 3.87. The summed E-state index contributed by atoms with van der Waals surface area (Å²) in [5.41, 5.74) is 1.24. The maximum Gasteiger partial charge on any atom is 0.274 e. The highest BCUT2D eigenvalue weighted by Crippen LogP contribution is 2.26. The summed E-state index contributed by atoms with van der Waals surface area (Å²) >= 11 is 5.85. The van der Waals surface area contributed by atoms with E-state index in [1.165, 1.54) is 24.7 Å². The number of amides is 1. The summed E-state index contributed by atoms with van der Waals surface area (Å²) < 4.78 is 26.7. The van der Waals surface area contributed by atoms with Gasteiger partial charge in [-0.2, -0.15) is 0 Å². The van der Waals surface area contributed by atoms with Crippen molar-refractivity contribution in [1.82, 2.24) is 8.96 Å². The molecule has 3 aromatic rings. The molecule has 0 fully saturated rings. The van der Waals surface area contributed by atoms with Crippen molar-refractivity contribution in [3.05, 3.63) is 83.4 Å². The van der Waals surface area contributed by atoms with Crippen LogP contribution in [0.5, 0.6) is 0 Å². The predicted molar refractivity (Wildman–Crippen MR) is 101 cm³/mol. The van der Waals surface area contributed by atoms with Crippen molar-refractivity contribution in [2.75, 3.05) is 5.32 Å². The molecule has 1 N–H and O–H groups in total. The van der Waals surface area contributed by atoms with Crippen molar-refractivity contribution in [1.29, 1.82) is 0 Å². The Hall–Kier alpha value is -2.64. The molecule has 0 aliphatic carbocycles. The molecule has 6 nitrogen and oxygen atoms in total. The van der Waals surface area contributed by atoms with Gasteiger partial charge in [0.05, 0.1) is 5.69 Å². The number of carbonyl (C=O) groups is 1. The van der Waals surface area contributed by atoms with Crippen LogP contribution in [0.25, 0.3) is 0 Å². The van der Waals surface area contributed by atoms with Crippen LogP contribution in [0, 0.1) is 0 Å². The van der Waals surface area contributed by atoms with E-state index in [0.717, 1.165) is 3.97 Å². The number of nitrogens with one attached hydrogen (secondary N) is 1. The lowest BCUT2D eigenvalue weighted by Crippen LogP contribution is -2.18. The van der Waals surface area contributed by atoms with Gasteiger partial charge in [0.1, 0.15) is 10.9 Å². The van der Waals surface area contributed by atoms with Gasteiger partial charge in [0.2, 0.25) is 10.0 Å². The third-order valence-corrected chi connectivity index (χ3v) is 6.14. The molecule has 0 aliphatic heterocycles. The lowest BCUT2D eigenvalue weighted by atomic mass is 10.2. The van der Waals surface area contributed by atoms with Crippen LogP contribution in [-0.4, -0.2) is 23.3 Å². The molecule has 2 heterocycles. The lowest BCUT2D eigenvalue weighted by Gasteiger charge is -2.14. The standard InChI is InChI=1S/C18H16ClN3O3S/c1-13(14-5-7-15(19)8-6-14)26(24,25)22-11-9-16(12-22)21-18(23)17-4-2-3-10-20-17/h2-13H,1H3,(H,21,23). The van der Waals surface area contributed by atoms with Crippen molar-refractivity contribution in [2.45, 2.75) is 12.2 Å². The molecule has 134 valence electrons. The number of hydrogen-bond donors (Lipinski definition) is 1. The van der Waals surface area contributed by atoms with Gasteiger partial charge in [0, 0.05) is 23.6 Å². The highest BCUT2D eigenvalue weighted by Gasteiger charge is 2.24. The third kappa shape index (κ3) is 3.79. The zero-order valence-electron chi connectivity index (χ0n) is 13.8. The quantitative estimate of drug-likeness (QED) is 0.720. The first kappa shape index (κ1) is 18.2. The molecule has 0 saturated carbocycles. The van der Waals surface area contributed by atoms with Crippen LogP contribution in [0.4, 0.5) is 5.69 Å². The molecule has 0 bridgehead atoms. The van der Waals surface area contributed by atoms with Crippen LogP contribution >= 0.6 is 11.6 Å². The number of nitrogens with zero attached hydrogens (tertiary/aromatic N) is 2. The van der Waals surface area contributed by atoms with Crippen LogP contribution < -0.4 is 5.32 Å². The fraction of sp³-hybridized carbons (Fsp3) is 0.111. The average Bonchev–Trinajstić information content (AvgIpc) is 3.12. The van der Waals surface area contributed by atoms with Crippen LogP contribution in [0.2, 0.25) is 5.02 Å². The molecule has 1 aromatic carbocycles. The molecular formula is C18H16ClN3O3S. The number of hydrogen-bond acceptors (Lipinski definition) is 4. The highest BCUT2D eigenvalue weighted by atomic mass is 35.5. The Bertz CT molecular complexity index is 1020. The van der Waals surface area contributed by atoms with E-state index in [0.29, 0.717) is 16.3 Å². The summed E-state index contributed by atoms with van der Waals surface area (Å²) in [4.78, 5) is 16.1. The van der Waals surface area contributed by atoms with E-state index in [9.17, 15) is 13.2 Å². The summed E-state index contributed by atoms with van der Waals surface area (Å²) in [5.74, 6) is -0.411. The SMILES string of the molecule is CC(c1ccc(Cl)cc1)S(=O)(=O)n1ccc(NC(=O)c2ccccn2)c1. The monoisotopic (exact) mass is 389 g/mol. The highest BCUT2D eigenvalue weighted by molar-refractivity contribution is 7.90. The molecule has 3 rings (SSSR count). The summed E-state index contributed by atoms with van der Waals surface area (Å²) in [7, 11) is -3.68. The average molecular weight is 390 g/mol. The first-order valence-corrected chi connectivity index (χ1v) is 9.66. The predicted octanol–water partition coefficient (Wildman–Crippen LogP) is 3.73. The topological polar surface area (TPSA) is 81.1 Å². The number of benzene rings is 1. The maximum absolute atomic E-state index is 12.8. The van der Waals surface area contributed by atoms with Crippen molar-refractivity contribution in [2.24, 2.45) is 0 Å². The second kappa shape index (κ2) is 7.31. The second-order valence-electron chi connectivity index (χ2n) is 5.64. The molecule has 1 unspecified atom stereocenters. The number of pyridine rings is 1. The molecule has 1 atom stereocenters. The van der Waals surface area contributed by atoms with Gasteiger partial charge in [0.15, 0.2) is 0 Å². The van der Waals surface area contributed by atoms with Gasteiger partial charge in [-0.05, 0) is 42.8 Å². The minimum atomic E-state index is -3.68. The van der Waals surface area contributed by atoms with Crippen molar-refractivity contribution >= 4 is 33.2 Å². The molecule has 0 radical (unpaired) electrons. The van der Waals surface area contributed by atoms with E-state index >= 15 is 0 Å². The lowest BCUT2D eigenvalue weighted by molar-refractivity contribution is 0.102. The van der Waals surface area contributed by atoms with Crippen LogP contribution in [0.3, 0.4) is 0 Å². The van der Waals surface area contributed by atoms with Crippen molar-refractivity contribution < 1.29 is 13.2 Å². The number of halogens is 1. The molecule has 2 aromatic heterocycles. The van der Waals surface area contributed by atoms with Gasteiger partial charge in [-0.1, -0.05) is 29.8 Å². The Morgan fingerprint density at radius 1 is 1.15 bits per heavy atom. The van der Waals surface area contributed by atoms with Gasteiger partial charge < -0.3 is 5.32 Å². The van der Waals surface area contributed by atoms with E-state index in [1.54, 1.807) is 49.4 Å². The van der Waals surface area contributed by atoms with Gasteiger partial charge in [-0.3, -0.25) is 13.8 Å². The molecule has 0 saturated heterocycles. The van der Waals surface area contributed by atoms with Crippen LogP contribution in [0.15, 0.2) is 67.1 Å². The number of rotatable bonds is 5. The molecule has 0 spiro atoms. The maximum atomic E-state index is 12.8. The number of carbonyl (C=O) groups excluding carboxylic acids is 1. The molecule has 1 amide bonds. The third-order valence-electron chi connectivity index (χ3n) is 3.90. The Kier molecular flexibility index (Phi) is 5.11. The van der Waals surface area contributed by atoms with Crippen molar-refractivity contribution in [3.63, 3.8) is 0 Å². The van der Waals surface area contributed by atoms with Crippen LogP contribution in [-0.2, 0) is 10.0 Å². The first-order valence-electron chi connectivity index (χ1n) is 7.78. The molecular weight excluding hydrogens is 374 g/mol. The molecule has 0 aliphatic rings. The van der Waals surface area contributed by atoms with E-state index in [4.69, 9.17) is 11.6 Å². The zero-order valence-corrected chi connectivity index (χ0v) is 15.4. The van der Waals surface area contributed by atoms with Gasteiger partial charge in [-0.15, -0.1) is 0 Å². The summed E-state index contributed by atoms with van der Waals surface area (Å²) in [5, 5.41) is 2.40. The van der Waals surface area contributed by atoms with Gasteiger partial charge in [0.25, 0.3) is 5.91 Å². The first-order chi connectivity index (χ1) is 12.4. The van der Waals surface area contributed by atoms with E-state index < -0.39 is 21.2 Å². The smallest absolute Gasteiger partial charge is 0.274 e. The number of aromatic nitrogens is 2. The van der Waals surface area contributed by atoms with Gasteiger partial charge in [-0.25, -0.2) is 8.42 Å². The Balaban J connectivity index is 1.79. The molecule has 26 heavy (non-hydrogen) atoms. The fourth-order valence-electron chi connectivity index (χ4n) is 2.39. The normalized spacial score (nSPS) is 12.5. The summed E-state index contributed by atoms with van der Waals surface area (Å²) in [6.45, 7) is 1.60. The zero-order chi connectivity index (χ0) is 18.7. The van der Waals surface area contributed by atoms with Crippen molar-refractivity contribution in [3.8, 4) is 0 Å². The molecule has 8 heteroatoms. The Labute approximate surface area is 156 Å². The summed E-state index contributed by atoms with van der Waals surface area (Å²) in [6, 6.07) is 13.2. The van der Waals surface area contributed by atoms with Crippen LogP contribution in [0.1, 0.15) is 28.2 Å². The Morgan fingerprint density at radius 3 is 2.54 bits per heavy atom. The van der Waals surface area contributed by atoms with Gasteiger partial charge >= 0.3 is 0 Å². The minimum Gasteiger partial charge on any atom is -0.319 e. The van der Waals surface area contributed by atoms with E-state index in [-0.39, 0.29) is 5.69 Å². The largest absolute Gasteiger partial charge is 0.319 e. The Morgan fingerprint density at radius 2 is 1.88 bits per heavy atom. The van der Waals surface area contributed by atoms with E-state index in [1.807, 2.05) is 0 Å². The van der Waals surface area contributed by atoms with E-state index in [2.05, 4.69) is 10.3 Å². The minimum absolute atomic E-state index is 0.248. The summed E-state index contributed by atoms with van der Waals surface area (Å²) in [6.07, 6.45) is 4.27. The second-order valence-corrected chi connectivity index (χ2v) is 8.23.